The first-order chi connectivity index (χ1) is 10.1. The van der Waals surface area contributed by atoms with Crippen molar-refractivity contribution in [3.05, 3.63) is 53.6 Å². The van der Waals surface area contributed by atoms with E-state index in [1.54, 1.807) is 44.7 Å². The molecule has 0 atom stereocenters. The normalized spacial score (nSPS) is 10.6. The molecular formula is C16H14NO4-. The number of ether oxygens (including phenoxy) is 2. The van der Waals surface area contributed by atoms with E-state index in [4.69, 9.17) is 9.47 Å². The van der Waals surface area contributed by atoms with Crippen LogP contribution in [0.1, 0.15) is 15.9 Å². The zero-order valence-corrected chi connectivity index (χ0v) is 11.7. The van der Waals surface area contributed by atoms with E-state index in [9.17, 15) is 9.90 Å². The van der Waals surface area contributed by atoms with Crippen LogP contribution < -0.4 is 14.6 Å². The number of hydrogen-bond acceptors (Lipinski definition) is 5. The Labute approximate surface area is 122 Å². The molecule has 0 heterocycles. The van der Waals surface area contributed by atoms with Crippen molar-refractivity contribution in [1.29, 1.82) is 0 Å². The molecule has 0 saturated carbocycles. The second-order valence-corrected chi connectivity index (χ2v) is 4.21. The molecule has 0 aliphatic rings. The molecule has 2 aromatic rings. The van der Waals surface area contributed by atoms with Crippen LogP contribution in [-0.2, 0) is 0 Å². The van der Waals surface area contributed by atoms with Gasteiger partial charge in [0.05, 0.1) is 25.9 Å². The highest BCUT2D eigenvalue weighted by atomic mass is 16.5. The van der Waals surface area contributed by atoms with E-state index in [2.05, 4.69) is 4.99 Å². The summed E-state index contributed by atoms with van der Waals surface area (Å²) >= 11 is 0. The first kappa shape index (κ1) is 14.6. The number of nitrogens with zero attached hydrogens (tertiary/aromatic N) is 1. The monoisotopic (exact) mass is 284 g/mol. The predicted molar refractivity (Wildman–Crippen MR) is 77.6 cm³/mol. The number of carboxylic acid groups (broad SMARTS) is 1. The van der Waals surface area contributed by atoms with Gasteiger partial charge in [0, 0.05) is 6.21 Å². The van der Waals surface area contributed by atoms with Crippen LogP contribution in [0.25, 0.3) is 0 Å². The number of aliphatic imine (C=N–C) groups is 1. The Morgan fingerprint density at radius 1 is 1.05 bits per heavy atom. The second kappa shape index (κ2) is 6.56. The van der Waals surface area contributed by atoms with Gasteiger partial charge >= 0.3 is 0 Å². The number of hydrogen-bond donors (Lipinski definition) is 0. The van der Waals surface area contributed by atoms with Crippen LogP contribution in [0, 0.1) is 0 Å². The molecule has 0 radical (unpaired) electrons. The molecule has 0 unspecified atom stereocenters. The summed E-state index contributed by atoms with van der Waals surface area (Å²) in [4.78, 5) is 14.9. The van der Waals surface area contributed by atoms with Crippen molar-refractivity contribution in [3.8, 4) is 11.5 Å². The van der Waals surface area contributed by atoms with Gasteiger partial charge in [-0.25, -0.2) is 0 Å². The first-order valence-electron chi connectivity index (χ1n) is 6.21. The predicted octanol–water partition coefficient (Wildman–Crippen LogP) is 1.82. The fraction of sp³-hybridized carbons (Fsp3) is 0.125. The van der Waals surface area contributed by atoms with E-state index in [0.29, 0.717) is 17.2 Å². The van der Waals surface area contributed by atoms with E-state index in [-0.39, 0.29) is 5.56 Å². The zero-order valence-electron chi connectivity index (χ0n) is 11.7. The summed E-state index contributed by atoms with van der Waals surface area (Å²) in [5.41, 5.74) is 1.62. The van der Waals surface area contributed by atoms with Gasteiger partial charge in [-0.05, 0) is 41.5 Å². The lowest BCUT2D eigenvalue weighted by atomic mass is 10.2. The third-order valence-corrected chi connectivity index (χ3v) is 2.87. The maximum absolute atomic E-state index is 10.6. The zero-order chi connectivity index (χ0) is 15.2. The minimum atomic E-state index is -1.20. The molecule has 0 saturated heterocycles. The number of aromatic carboxylic acids is 1. The summed E-state index contributed by atoms with van der Waals surface area (Å²) in [5, 5.41) is 10.6. The minimum absolute atomic E-state index is 0.125. The fourth-order valence-electron chi connectivity index (χ4n) is 1.77. The Morgan fingerprint density at radius 3 is 2.29 bits per heavy atom. The molecule has 0 aliphatic carbocycles. The van der Waals surface area contributed by atoms with Gasteiger partial charge < -0.3 is 19.4 Å². The Morgan fingerprint density at radius 2 is 1.71 bits per heavy atom. The van der Waals surface area contributed by atoms with Crippen LogP contribution in [-0.4, -0.2) is 26.4 Å². The molecular weight excluding hydrogens is 270 g/mol. The van der Waals surface area contributed by atoms with E-state index in [1.165, 1.54) is 12.1 Å². The number of benzene rings is 2. The standard InChI is InChI=1S/C16H15NO4/c1-20-14-8-3-11(9-15(14)21-2)10-17-13-6-4-12(5-7-13)16(18)19/h3-10H,1-2H3,(H,18,19)/p-1. The molecule has 0 N–H and O–H groups in total. The van der Waals surface area contributed by atoms with Crippen LogP contribution in [0.2, 0.25) is 0 Å². The largest absolute Gasteiger partial charge is 0.545 e. The molecule has 0 amide bonds. The molecule has 2 aromatic carbocycles. The lowest BCUT2D eigenvalue weighted by Crippen LogP contribution is -2.21. The second-order valence-electron chi connectivity index (χ2n) is 4.21. The Hall–Kier alpha value is -2.82. The molecule has 0 aliphatic heterocycles. The minimum Gasteiger partial charge on any atom is -0.545 e. The quantitative estimate of drug-likeness (QED) is 0.785. The average molecular weight is 284 g/mol. The molecule has 0 aromatic heterocycles. The Kier molecular flexibility index (Phi) is 4.56. The van der Waals surface area contributed by atoms with Gasteiger partial charge in [-0.2, -0.15) is 0 Å². The van der Waals surface area contributed by atoms with Crippen LogP contribution in [0.3, 0.4) is 0 Å². The summed E-state index contributed by atoms with van der Waals surface area (Å²) in [7, 11) is 3.14. The maximum Gasteiger partial charge on any atom is 0.161 e. The lowest BCUT2D eigenvalue weighted by molar-refractivity contribution is -0.255. The van der Waals surface area contributed by atoms with Crippen molar-refractivity contribution >= 4 is 17.9 Å². The third-order valence-electron chi connectivity index (χ3n) is 2.87. The first-order valence-corrected chi connectivity index (χ1v) is 6.21. The summed E-state index contributed by atoms with van der Waals surface area (Å²) in [5.74, 6) is 0.0622. The van der Waals surface area contributed by atoms with Gasteiger partial charge in [-0.1, -0.05) is 12.1 Å². The molecule has 108 valence electrons. The molecule has 5 heteroatoms. The lowest BCUT2D eigenvalue weighted by Gasteiger charge is -2.07. The highest BCUT2D eigenvalue weighted by molar-refractivity contribution is 5.87. The van der Waals surface area contributed by atoms with Gasteiger partial charge in [0.1, 0.15) is 0 Å². The molecule has 2 rings (SSSR count). The van der Waals surface area contributed by atoms with E-state index >= 15 is 0 Å². The van der Waals surface area contributed by atoms with Gasteiger partial charge in [-0.3, -0.25) is 4.99 Å². The smallest absolute Gasteiger partial charge is 0.161 e. The number of carboxylic acids is 1. The van der Waals surface area contributed by atoms with Crippen LogP contribution in [0.5, 0.6) is 11.5 Å². The highest BCUT2D eigenvalue weighted by Gasteiger charge is 2.02. The number of rotatable bonds is 5. The number of methoxy groups -OCH3 is 2. The molecule has 21 heavy (non-hydrogen) atoms. The Bertz CT molecular complexity index is 662. The van der Waals surface area contributed by atoms with E-state index < -0.39 is 5.97 Å². The maximum atomic E-state index is 10.6. The van der Waals surface area contributed by atoms with Crippen molar-refractivity contribution in [1.82, 2.24) is 0 Å². The van der Waals surface area contributed by atoms with Crippen molar-refractivity contribution < 1.29 is 19.4 Å². The number of carbonyl (C=O) groups is 1. The average Bonchev–Trinajstić information content (AvgIpc) is 2.52. The summed E-state index contributed by atoms with van der Waals surface area (Å²) in [6.07, 6.45) is 1.66. The van der Waals surface area contributed by atoms with Gasteiger partial charge in [0.25, 0.3) is 0 Å². The molecule has 0 bridgehead atoms. The highest BCUT2D eigenvalue weighted by Crippen LogP contribution is 2.27. The third kappa shape index (κ3) is 3.60. The van der Waals surface area contributed by atoms with Gasteiger partial charge in [0.15, 0.2) is 11.5 Å². The Balaban J connectivity index is 2.18. The van der Waals surface area contributed by atoms with Crippen LogP contribution in [0.15, 0.2) is 47.5 Å². The topological polar surface area (TPSA) is 71.0 Å². The van der Waals surface area contributed by atoms with Crippen LogP contribution in [0.4, 0.5) is 5.69 Å². The SMILES string of the molecule is COc1ccc(C=Nc2ccc(C(=O)[O-])cc2)cc1OC. The van der Waals surface area contributed by atoms with Gasteiger partial charge in [0.2, 0.25) is 0 Å². The van der Waals surface area contributed by atoms with Crippen molar-refractivity contribution in [2.75, 3.05) is 14.2 Å². The number of carbonyl (C=O) groups excluding carboxylic acids is 1. The molecule has 5 nitrogen and oxygen atoms in total. The molecule has 0 spiro atoms. The van der Waals surface area contributed by atoms with Gasteiger partial charge in [-0.15, -0.1) is 0 Å². The van der Waals surface area contributed by atoms with E-state index in [1.807, 2.05) is 6.07 Å². The van der Waals surface area contributed by atoms with Crippen molar-refractivity contribution in [3.63, 3.8) is 0 Å². The van der Waals surface area contributed by atoms with Crippen LogP contribution >= 0.6 is 0 Å². The summed E-state index contributed by atoms with van der Waals surface area (Å²) in [6, 6.07) is 11.6. The summed E-state index contributed by atoms with van der Waals surface area (Å²) in [6.45, 7) is 0. The van der Waals surface area contributed by atoms with Crippen molar-refractivity contribution in [2.24, 2.45) is 4.99 Å². The molecule has 0 fully saturated rings. The van der Waals surface area contributed by atoms with Crippen molar-refractivity contribution in [2.45, 2.75) is 0 Å². The summed E-state index contributed by atoms with van der Waals surface area (Å²) < 4.78 is 10.4. The fourth-order valence-corrected chi connectivity index (χ4v) is 1.77. The van der Waals surface area contributed by atoms with E-state index in [0.717, 1.165) is 5.56 Å².